The zero-order chi connectivity index (χ0) is 13.4. The van der Waals surface area contributed by atoms with Gasteiger partial charge in [0.15, 0.2) is 0 Å². The van der Waals surface area contributed by atoms with Crippen molar-refractivity contribution in [2.24, 2.45) is 5.92 Å². The molecule has 1 N–H and O–H groups in total. The van der Waals surface area contributed by atoms with Gasteiger partial charge in [-0.15, -0.1) is 0 Å². The van der Waals surface area contributed by atoms with Gasteiger partial charge in [-0.3, -0.25) is 0 Å². The normalized spacial score (nSPS) is 25.0. The minimum Gasteiger partial charge on any atom is -0.459 e. The summed E-state index contributed by atoms with van der Waals surface area (Å²) in [7, 11) is 1.97. The Labute approximate surface area is 117 Å². The summed E-state index contributed by atoms with van der Waals surface area (Å²) >= 11 is 6.01. The second-order valence-electron chi connectivity index (χ2n) is 5.24. The summed E-state index contributed by atoms with van der Waals surface area (Å²) in [6.07, 6.45) is 1.39. The highest BCUT2D eigenvalue weighted by molar-refractivity contribution is 6.31. The molecule has 3 unspecified atom stereocenters. The molecule has 102 valence electrons. The Morgan fingerprint density at radius 3 is 2.89 bits per heavy atom. The lowest BCUT2D eigenvalue weighted by Crippen LogP contribution is -2.25. The van der Waals surface area contributed by atoms with Gasteiger partial charge in [0.05, 0.1) is 18.8 Å². The highest BCUT2D eigenvalue weighted by atomic mass is 35.5. The third-order valence-electron chi connectivity index (χ3n) is 3.82. The molecule has 1 aliphatic rings. The first-order chi connectivity index (χ1) is 9.17. The molecule has 0 radical (unpaired) electrons. The van der Waals surface area contributed by atoms with Crippen molar-refractivity contribution in [3.05, 3.63) is 35.0 Å². The fraction of sp³-hybridized carbons (Fsp3) is 0.467. The number of rotatable bonds is 3. The van der Waals surface area contributed by atoms with E-state index in [0.717, 1.165) is 34.8 Å². The fourth-order valence-corrected chi connectivity index (χ4v) is 3.06. The zero-order valence-corrected chi connectivity index (χ0v) is 11.9. The molecule has 0 spiro atoms. The van der Waals surface area contributed by atoms with E-state index < -0.39 is 0 Å². The van der Waals surface area contributed by atoms with E-state index in [4.69, 9.17) is 20.8 Å². The number of ether oxygens (including phenoxy) is 1. The standard InChI is InChI=1S/C15H18ClNO2/c1-9-5-11(8-18-9)15(17-2)14-7-10-6-12(16)3-4-13(10)19-14/h3-4,6-7,9,11,15,17H,5,8H2,1-2H3. The molecule has 0 amide bonds. The third kappa shape index (κ3) is 2.50. The van der Waals surface area contributed by atoms with Gasteiger partial charge in [-0.25, -0.2) is 0 Å². The largest absolute Gasteiger partial charge is 0.459 e. The molecule has 0 saturated carbocycles. The van der Waals surface area contributed by atoms with Gasteiger partial charge in [-0.2, -0.15) is 0 Å². The first-order valence-corrected chi connectivity index (χ1v) is 7.03. The van der Waals surface area contributed by atoms with Crippen molar-refractivity contribution in [3.8, 4) is 0 Å². The van der Waals surface area contributed by atoms with Gasteiger partial charge in [0, 0.05) is 16.3 Å². The van der Waals surface area contributed by atoms with E-state index in [9.17, 15) is 0 Å². The number of hydrogen-bond acceptors (Lipinski definition) is 3. The molecular weight excluding hydrogens is 262 g/mol. The van der Waals surface area contributed by atoms with E-state index in [1.54, 1.807) is 0 Å². The van der Waals surface area contributed by atoms with Crippen LogP contribution in [0.25, 0.3) is 11.0 Å². The van der Waals surface area contributed by atoms with Crippen LogP contribution in [0, 0.1) is 5.92 Å². The van der Waals surface area contributed by atoms with Crippen LogP contribution in [0.4, 0.5) is 0 Å². The molecule has 0 bridgehead atoms. The smallest absolute Gasteiger partial charge is 0.134 e. The topological polar surface area (TPSA) is 34.4 Å². The van der Waals surface area contributed by atoms with E-state index in [0.29, 0.717) is 12.0 Å². The molecule has 4 heteroatoms. The van der Waals surface area contributed by atoms with Crippen LogP contribution in [-0.4, -0.2) is 19.8 Å². The number of furan rings is 1. The summed E-state index contributed by atoms with van der Waals surface area (Å²) in [4.78, 5) is 0. The van der Waals surface area contributed by atoms with E-state index in [2.05, 4.69) is 18.3 Å². The molecule has 1 saturated heterocycles. The van der Waals surface area contributed by atoms with Gasteiger partial charge in [-0.05, 0) is 44.7 Å². The minimum atomic E-state index is 0.191. The molecule has 1 aliphatic heterocycles. The quantitative estimate of drug-likeness (QED) is 0.929. The molecule has 3 rings (SSSR count). The zero-order valence-electron chi connectivity index (χ0n) is 11.2. The van der Waals surface area contributed by atoms with Crippen molar-refractivity contribution in [2.75, 3.05) is 13.7 Å². The van der Waals surface area contributed by atoms with Crippen molar-refractivity contribution in [1.82, 2.24) is 5.32 Å². The van der Waals surface area contributed by atoms with Crippen LogP contribution in [0.1, 0.15) is 25.1 Å². The molecule has 3 nitrogen and oxygen atoms in total. The molecule has 1 aromatic carbocycles. The van der Waals surface area contributed by atoms with E-state index >= 15 is 0 Å². The second kappa shape index (κ2) is 5.16. The van der Waals surface area contributed by atoms with Gasteiger partial charge in [0.25, 0.3) is 0 Å². The Morgan fingerprint density at radius 1 is 1.37 bits per heavy atom. The Hall–Kier alpha value is -1.03. The lowest BCUT2D eigenvalue weighted by molar-refractivity contribution is 0.116. The van der Waals surface area contributed by atoms with Gasteiger partial charge in [-0.1, -0.05) is 11.6 Å². The Balaban J connectivity index is 1.92. The second-order valence-corrected chi connectivity index (χ2v) is 5.67. The average Bonchev–Trinajstić information content (AvgIpc) is 2.96. The van der Waals surface area contributed by atoms with Crippen LogP contribution in [-0.2, 0) is 4.74 Å². The summed E-state index contributed by atoms with van der Waals surface area (Å²) in [6.45, 7) is 2.90. The van der Waals surface area contributed by atoms with Crippen molar-refractivity contribution < 1.29 is 9.15 Å². The monoisotopic (exact) mass is 279 g/mol. The summed E-state index contributed by atoms with van der Waals surface area (Å²) < 4.78 is 11.6. The minimum absolute atomic E-state index is 0.191. The highest BCUT2D eigenvalue weighted by Gasteiger charge is 2.31. The van der Waals surface area contributed by atoms with Crippen LogP contribution in [0.2, 0.25) is 5.02 Å². The number of fused-ring (bicyclic) bond motifs is 1. The van der Waals surface area contributed by atoms with Crippen LogP contribution >= 0.6 is 11.6 Å². The number of nitrogens with one attached hydrogen (secondary N) is 1. The molecule has 2 aromatic rings. The first-order valence-electron chi connectivity index (χ1n) is 6.65. The van der Waals surface area contributed by atoms with E-state index in [1.807, 2.05) is 25.2 Å². The predicted molar refractivity (Wildman–Crippen MR) is 76.5 cm³/mol. The predicted octanol–water partition coefficient (Wildman–Crippen LogP) is 3.77. The number of hydrogen-bond donors (Lipinski definition) is 1. The van der Waals surface area contributed by atoms with Gasteiger partial charge in [0.1, 0.15) is 11.3 Å². The maximum atomic E-state index is 6.01. The molecule has 19 heavy (non-hydrogen) atoms. The fourth-order valence-electron chi connectivity index (χ4n) is 2.88. The average molecular weight is 280 g/mol. The van der Waals surface area contributed by atoms with E-state index in [1.165, 1.54) is 0 Å². The van der Waals surface area contributed by atoms with Gasteiger partial charge in [0.2, 0.25) is 0 Å². The maximum Gasteiger partial charge on any atom is 0.134 e. The number of halogens is 1. The van der Waals surface area contributed by atoms with Crippen molar-refractivity contribution in [2.45, 2.75) is 25.5 Å². The van der Waals surface area contributed by atoms with Crippen LogP contribution < -0.4 is 5.32 Å². The maximum absolute atomic E-state index is 6.01. The third-order valence-corrected chi connectivity index (χ3v) is 4.05. The first kappa shape index (κ1) is 13.0. The molecule has 0 aliphatic carbocycles. The van der Waals surface area contributed by atoms with Gasteiger partial charge >= 0.3 is 0 Å². The van der Waals surface area contributed by atoms with Crippen LogP contribution in [0.5, 0.6) is 0 Å². The van der Waals surface area contributed by atoms with Crippen LogP contribution in [0.3, 0.4) is 0 Å². The van der Waals surface area contributed by atoms with Crippen molar-refractivity contribution in [3.63, 3.8) is 0 Å². The van der Waals surface area contributed by atoms with Gasteiger partial charge < -0.3 is 14.5 Å². The lowest BCUT2D eigenvalue weighted by atomic mass is 9.95. The van der Waals surface area contributed by atoms with Crippen LogP contribution in [0.15, 0.2) is 28.7 Å². The Bertz CT molecular complexity index is 581. The summed E-state index contributed by atoms with van der Waals surface area (Å²) in [5.74, 6) is 1.42. The van der Waals surface area contributed by atoms with Crippen molar-refractivity contribution >= 4 is 22.6 Å². The SMILES string of the molecule is CNC(c1cc2cc(Cl)ccc2o1)C1COC(C)C1. The molecule has 1 fully saturated rings. The molecule has 2 heterocycles. The Morgan fingerprint density at radius 2 is 2.21 bits per heavy atom. The number of benzene rings is 1. The summed E-state index contributed by atoms with van der Waals surface area (Å²) in [6, 6.07) is 7.97. The molecule has 3 atom stereocenters. The lowest BCUT2D eigenvalue weighted by Gasteiger charge is -2.19. The Kier molecular flexibility index (Phi) is 3.52. The molecule has 1 aromatic heterocycles. The highest BCUT2D eigenvalue weighted by Crippen LogP contribution is 2.34. The van der Waals surface area contributed by atoms with Crippen molar-refractivity contribution in [1.29, 1.82) is 0 Å². The molecular formula is C15H18ClNO2. The summed E-state index contributed by atoms with van der Waals surface area (Å²) in [5.41, 5.74) is 0.881. The summed E-state index contributed by atoms with van der Waals surface area (Å²) in [5, 5.41) is 5.14. The van der Waals surface area contributed by atoms with E-state index in [-0.39, 0.29) is 6.04 Å².